The van der Waals surface area contributed by atoms with Gasteiger partial charge < -0.3 is 5.73 Å². The molecule has 0 bridgehead atoms. The number of imide groups is 1. The van der Waals surface area contributed by atoms with Crippen LogP contribution in [0.4, 0.5) is 10.1 Å². The number of nitrogens with two attached hydrogens (primary N) is 1. The average Bonchev–Trinajstić information content (AvgIpc) is 2.43. The maximum Gasteiger partial charge on any atom is 0.229 e. The van der Waals surface area contributed by atoms with Crippen LogP contribution < -0.4 is 5.73 Å². The van der Waals surface area contributed by atoms with E-state index in [1.807, 2.05) is 0 Å². The lowest BCUT2D eigenvalue weighted by atomic mass is 10.1. The smallest absolute Gasteiger partial charge is 0.229 e. The van der Waals surface area contributed by atoms with Gasteiger partial charge >= 0.3 is 0 Å². The van der Waals surface area contributed by atoms with Crippen molar-refractivity contribution in [2.75, 3.05) is 5.73 Å². The Morgan fingerprint density at radius 3 is 2.28 bits per heavy atom. The fraction of sp³-hybridized carbons (Fsp3) is 0.385. The molecular weight excluding hydrogens is 235 g/mol. The topological polar surface area (TPSA) is 63.4 Å². The first-order chi connectivity index (χ1) is 8.56. The number of carbonyl (C=O) groups is 2. The summed E-state index contributed by atoms with van der Waals surface area (Å²) in [5, 5.41) is 0. The van der Waals surface area contributed by atoms with E-state index in [4.69, 9.17) is 5.73 Å². The van der Waals surface area contributed by atoms with Gasteiger partial charge in [0.2, 0.25) is 11.8 Å². The average molecular weight is 250 g/mol. The molecule has 1 aromatic carbocycles. The number of nitrogens with zero attached hydrogens (tertiary/aromatic N) is 1. The van der Waals surface area contributed by atoms with Crippen LogP contribution in [0.3, 0.4) is 0 Å². The van der Waals surface area contributed by atoms with Crippen LogP contribution in [0, 0.1) is 5.82 Å². The number of hydrogen-bond donors (Lipinski definition) is 1. The van der Waals surface area contributed by atoms with E-state index in [0.717, 1.165) is 12.8 Å². The summed E-state index contributed by atoms with van der Waals surface area (Å²) < 4.78 is 13.2. The standard InChI is InChI=1S/C13H15FN2O2/c14-10-5-9(6-11(15)7-10)8-16-12(17)3-1-2-4-13(16)18/h5-7H,1-4,8,15H2. The summed E-state index contributed by atoms with van der Waals surface area (Å²) in [7, 11) is 0. The SMILES string of the molecule is Nc1cc(F)cc(CN2C(=O)CCCCC2=O)c1. The second kappa shape index (κ2) is 5.16. The highest BCUT2D eigenvalue weighted by atomic mass is 19.1. The Kier molecular flexibility index (Phi) is 3.60. The zero-order chi connectivity index (χ0) is 13.1. The van der Waals surface area contributed by atoms with Gasteiger partial charge in [-0.15, -0.1) is 0 Å². The Balaban J connectivity index is 2.20. The van der Waals surface area contributed by atoms with Gasteiger partial charge in [0.15, 0.2) is 0 Å². The molecule has 0 atom stereocenters. The molecule has 1 aromatic rings. The fourth-order valence-electron chi connectivity index (χ4n) is 2.09. The normalized spacial score (nSPS) is 16.8. The van der Waals surface area contributed by atoms with Crippen LogP contribution in [0.15, 0.2) is 18.2 Å². The fourth-order valence-corrected chi connectivity index (χ4v) is 2.09. The van der Waals surface area contributed by atoms with E-state index in [1.165, 1.54) is 17.0 Å². The number of rotatable bonds is 2. The lowest BCUT2D eigenvalue weighted by molar-refractivity contribution is -0.144. The molecule has 5 heteroatoms. The number of amides is 2. The van der Waals surface area contributed by atoms with Gasteiger partial charge in [0.05, 0.1) is 6.54 Å². The van der Waals surface area contributed by atoms with Gasteiger partial charge in [0, 0.05) is 18.5 Å². The van der Waals surface area contributed by atoms with Crippen molar-refractivity contribution in [3.05, 3.63) is 29.6 Å². The molecule has 0 aromatic heterocycles. The highest BCUT2D eigenvalue weighted by Crippen LogP contribution is 2.18. The minimum Gasteiger partial charge on any atom is -0.399 e. The van der Waals surface area contributed by atoms with Crippen LogP contribution in [0.5, 0.6) is 0 Å². The molecule has 1 aliphatic heterocycles. The van der Waals surface area contributed by atoms with Crippen molar-refractivity contribution in [1.82, 2.24) is 4.90 Å². The van der Waals surface area contributed by atoms with Crippen LogP contribution in [0.2, 0.25) is 0 Å². The Morgan fingerprint density at radius 2 is 1.72 bits per heavy atom. The number of hydrogen-bond acceptors (Lipinski definition) is 3. The number of anilines is 1. The van der Waals surface area contributed by atoms with Gasteiger partial charge in [-0.3, -0.25) is 14.5 Å². The van der Waals surface area contributed by atoms with Gasteiger partial charge in [-0.2, -0.15) is 0 Å². The Morgan fingerprint density at radius 1 is 1.11 bits per heavy atom. The van der Waals surface area contributed by atoms with E-state index >= 15 is 0 Å². The van der Waals surface area contributed by atoms with E-state index in [2.05, 4.69) is 0 Å². The quantitative estimate of drug-likeness (QED) is 0.643. The van der Waals surface area contributed by atoms with E-state index in [-0.39, 0.29) is 18.4 Å². The highest BCUT2D eigenvalue weighted by Gasteiger charge is 2.24. The van der Waals surface area contributed by atoms with Gasteiger partial charge in [0.25, 0.3) is 0 Å². The summed E-state index contributed by atoms with van der Waals surface area (Å²) in [5.41, 5.74) is 6.37. The van der Waals surface area contributed by atoms with E-state index < -0.39 is 5.82 Å². The van der Waals surface area contributed by atoms with Crippen molar-refractivity contribution >= 4 is 17.5 Å². The summed E-state index contributed by atoms with van der Waals surface area (Å²) >= 11 is 0. The maximum absolute atomic E-state index is 13.2. The maximum atomic E-state index is 13.2. The molecule has 1 heterocycles. The number of carbonyl (C=O) groups excluding carboxylic acids is 2. The third-order valence-electron chi connectivity index (χ3n) is 2.95. The second-order valence-corrected chi connectivity index (χ2v) is 4.47. The second-order valence-electron chi connectivity index (χ2n) is 4.47. The molecule has 1 aliphatic rings. The lowest BCUT2D eigenvalue weighted by Crippen LogP contribution is -2.34. The van der Waals surface area contributed by atoms with Crippen LogP contribution in [0.25, 0.3) is 0 Å². The van der Waals surface area contributed by atoms with Gasteiger partial charge in [0.1, 0.15) is 5.82 Å². The van der Waals surface area contributed by atoms with E-state index in [0.29, 0.717) is 24.1 Å². The third kappa shape index (κ3) is 2.85. The molecule has 0 aliphatic carbocycles. The van der Waals surface area contributed by atoms with Crippen molar-refractivity contribution in [3.8, 4) is 0 Å². The predicted octanol–water partition coefficient (Wildman–Crippen LogP) is 1.84. The first kappa shape index (κ1) is 12.5. The van der Waals surface area contributed by atoms with Crippen LogP contribution in [-0.4, -0.2) is 16.7 Å². The molecule has 2 N–H and O–H groups in total. The first-order valence-corrected chi connectivity index (χ1v) is 5.94. The van der Waals surface area contributed by atoms with Crippen LogP contribution in [0.1, 0.15) is 31.2 Å². The van der Waals surface area contributed by atoms with Crippen molar-refractivity contribution in [2.45, 2.75) is 32.2 Å². The summed E-state index contributed by atoms with van der Waals surface area (Å²) in [6.45, 7) is 0.0969. The minimum absolute atomic E-state index is 0.0969. The highest BCUT2D eigenvalue weighted by molar-refractivity contribution is 5.95. The van der Waals surface area contributed by atoms with Gasteiger partial charge in [-0.05, 0) is 36.6 Å². The molecule has 0 radical (unpaired) electrons. The Bertz CT molecular complexity index is 450. The molecule has 0 spiro atoms. The number of nitrogen functional groups attached to an aromatic ring is 1. The van der Waals surface area contributed by atoms with Crippen molar-refractivity contribution in [2.24, 2.45) is 0 Å². The van der Waals surface area contributed by atoms with Gasteiger partial charge in [-0.25, -0.2) is 4.39 Å². The summed E-state index contributed by atoms with van der Waals surface area (Å²) in [6.07, 6.45) is 2.20. The summed E-state index contributed by atoms with van der Waals surface area (Å²) in [6, 6.07) is 4.08. The molecule has 0 unspecified atom stereocenters. The Labute approximate surface area is 105 Å². The summed E-state index contributed by atoms with van der Waals surface area (Å²) in [4.78, 5) is 24.8. The van der Waals surface area contributed by atoms with Crippen molar-refractivity contribution in [1.29, 1.82) is 0 Å². The zero-order valence-electron chi connectivity index (χ0n) is 9.99. The monoisotopic (exact) mass is 250 g/mol. The molecule has 4 nitrogen and oxygen atoms in total. The number of likely N-dealkylation sites (tertiary alicyclic amines) is 1. The number of benzene rings is 1. The minimum atomic E-state index is -0.459. The molecule has 2 amide bonds. The molecule has 18 heavy (non-hydrogen) atoms. The molecular formula is C13H15FN2O2. The predicted molar refractivity (Wildman–Crippen MR) is 64.8 cm³/mol. The lowest BCUT2D eigenvalue weighted by Gasteiger charge is -2.18. The molecule has 2 rings (SSSR count). The van der Waals surface area contributed by atoms with Crippen LogP contribution in [-0.2, 0) is 16.1 Å². The van der Waals surface area contributed by atoms with E-state index in [1.54, 1.807) is 6.07 Å². The third-order valence-corrected chi connectivity index (χ3v) is 2.95. The number of halogens is 1. The van der Waals surface area contributed by atoms with Gasteiger partial charge in [-0.1, -0.05) is 0 Å². The Hall–Kier alpha value is -1.91. The van der Waals surface area contributed by atoms with E-state index in [9.17, 15) is 14.0 Å². The molecule has 1 fully saturated rings. The molecule has 96 valence electrons. The zero-order valence-corrected chi connectivity index (χ0v) is 9.99. The molecule has 0 saturated carbocycles. The molecule has 1 saturated heterocycles. The largest absolute Gasteiger partial charge is 0.399 e. The first-order valence-electron chi connectivity index (χ1n) is 5.94. The summed E-state index contributed by atoms with van der Waals surface area (Å²) in [5.74, 6) is -0.847. The van der Waals surface area contributed by atoms with Crippen LogP contribution >= 0.6 is 0 Å². The van der Waals surface area contributed by atoms with Crippen molar-refractivity contribution < 1.29 is 14.0 Å². The van der Waals surface area contributed by atoms with Crippen molar-refractivity contribution in [3.63, 3.8) is 0 Å².